The third kappa shape index (κ3) is 3.37. The Morgan fingerprint density at radius 1 is 1.29 bits per heavy atom. The summed E-state index contributed by atoms with van der Waals surface area (Å²) in [5.41, 5.74) is 4.60. The Labute approximate surface area is 165 Å². The lowest BCUT2D eigenvalue weighted by Gasteiger charge is -2.23. The maximum absolute atomic E-state index is 12.0. The number of amides is 1. The van der Waals surface area contributed by atoms with Gasteiger partial charge in [-0.2, -0.15) is 5.10 Å². The first kappa shape index (κ1) is 18.9. The van der Waals surface area contributed by atoms with E-state index < -0.39 is 0 Å². The maximum atomic E-state index is 12.0. The number of anilines is 1. The third-order valence-corrected chi connectivity index (χ3v) is 6.00. The molecule has 28 heavy (non-hydrogen) atoms. The molecule has 1 fully saturated rings. The topological polar surface area (TPSA) is 88.0 Å². The standard InChI is InChI=1S/C20H29N7O/c1-12-13(2)24-18(20(28)21-4)25-19(12)26-9-7-15(11-26)23-14(3)16-10-22-27-8-5-6-17(16)27/h10,14-15,23H,5-9,11H2,1-4H3,(H,21,28)/t14?,15-/m1/s1. The van der Waals surface area contributed by atoms with E-state index in [-0.39, 0.29) is 17.8 Å². The molecule has 2 aromatic heterocycles. The van der Waals surface area contributed by atoms with E-state index in [1.165, 1.54) is 17.7 Å². The van der Waals surface area contributed by atoms with E-state index in [4.69, 9.17) is 0 Å². The Morgan fingerprint density at radius 2 is 2.11 bits per heavy atom. The molecule has 0 radical (unpaired) electrons. The van der Waals surface area contributed by atoms with E-state index in [1.54, 1.807) is 7.05 Å². The van der Waals surface area contributed by atoms with Gasteiger partial charge in [-0.05, 0) is 40.0 Å². The van der Waals surface area contributed by atoms with Crippen molar-refractivity contribution in [1.82, 2.24) is 30.4 Å². The van der Waals surface area contributed by atoms with Crippen LogP contribution in [0.2, 0.25) is 0 Å². The van der Waals surface area contributed by atoms with Crippen molar-refractivity contribution in [2.45, 2.75) is 58.7 Å². The van der Waals surface area contributed by atoms with E-state index in [0.29, 0.717) is 6.04 Å². The van der Waals surface area contributed by atoms with E-state index in [1.807, 2.05) is 20.0 Å². The Morgan fingerprint density at radius 3 is 2.89 bits per heavy atom. The van der Waals surface area contributed by atoms with Crippen LogP contribution in [-0.2, 0) is 13.0 Å². The highest BCUT2D eigenvalue weighted by atomic mass is 16.2. The summed E-state index contributed by atoms with van der Waals surface area (Å²) in [6.45, 7) is 9.01. The van der Waals surface area contributed by atoms with Gasteiger partial charge in [0.2, 0.25) is 5.82 Å². The summed E-state index contributed by atoms with van der Waals surface area (Å²) in [6, 6.07) is 0.659. The monoisotopic (exact) mass is 383 g/mol. The minimum atomic E-state index is -0.248. The predicted molar refractivity (Wildman–Crippen MR) is 108 cm³/mol. The van der Waals surface area contributed by atoms with Crippen molar-refractivity contribution in [3.63, 3.8) is 0 Å². The molecule has 0 spiro atoms. The second kappa shape index (κ2) is 7.50. The number of hydrogen-bond acceptors (Lipinski definition) is 6. The van der Waals surface area contributed by atoms with Gasteiger partial charge in [-0.15, -0.1) is 0 Å². The molecule has 1 amide bonds. The summed E-state index contributed by atoms with van der Waals surface area (Å²) in [6.07, 6.45) is 5.39. The van der Waals surface area contributed by atoms with Crippen LogP contribution >= 0.6 is 0 Å². The lowest BCUT2D eigenvalue weighted by atomic mass is 10.1. The van der Waals surface area contributed by atoms with Crippen molar-refractivity contribution in [1.29, 1.82) is 0 Å². The first-order valence-electron chi connectivity index (χ1n) is 10.1. The lowest BCUT2D eigenvalue weighted by molar-refractivity contribution is 0.0952. The zero-order valence-corrected chi connectivity index (χ0v) is 17.1. The van der Waals surface area contributed by atoms with E-state index in [9.17, 15) is 4.79 Å². The number of nitrogens with zero attached hydrogens (tertiary/aromatic N) is 5. The zero-order chi connectivity index (χ0) is 19.8. The molecule has 0 saturated carbocycles. The summed E-state index contributed by atoms with van der Waals surface area (Å²) in [5, 5.41) is 10.9. The second-order valence-electron chi connectivity index (χ2n) is 7.85. The highest BCUT2D eigenvalue weighted by Crippen LogP contribution is 2.27. The largest absolute Gasteiger partial charge is 0.355 e. The first-order valence-corrected chi connectivity index (χ1v) is 10.1. The highest BCUT2D eigenvalue weighted by molar-refractivity contribution is 5.90. The van der Waals surface area contributed by atoms with Crippen molar-refractivity contribution in [3.05, 3.63) is 34.5 Å². The quantitative estimate of drug-likeness (QED) is 0.814. The Balaban J connectivity index is 1.47. The van der Waals surface area contributed by atoms with Gasteiger partial charge in [0.05, 0.1) is 6.20 Å². The van der Waals surface area contributed by atoms with E-state index in [2.05, 4.69) is 42.2 Å². The molecular formula is C20H29N7O. The van der Waals surface area contributed by atoms with Crippen LogP contribution in [-0.4, -0.2) is 51.8 Å². The molecule has 4 rings (SSSR count). The fourth-order valence-electron chi connectivity index (χ4n) is 4.32. The van der Waals surface area contributed by atoms with Crippen LogP contribution < -0.4 is 15.5 Å². The van der Waals surface area contributed by atoms with Crippen molar-refractivity contribution in [2.24, 2.45) is 0 Å². The molecule has 8 nitrogen and oxygen atoms in total. The lowest BCUT2D eigenvalue weighted by Crippen LogP contribution is -2.35. The SMILES string of the molecule is CNC(=O)c1nc(C)c(C)c(N2CC[C@@H](NC(C)c3cnn4c3CCC4)C2)n1. The zero-order valence-electron chi connectivity index (χ0n) is 17.1. The minimum Gasteiger partial charge on any atom is -0.355 e. The Hall–Kier alpha value is -2.48. The molecule has 4 heterocycles. The fraction of sp³-hybridized carbons (Fsp3) is 0.600. The maximum Gasteiger partial charge on any atom is 0.288 e. The molecule has 2 aliphatic heterocycles. The van der Waals surface area contributed by atoms with E-state index in [0.717, 1.165) is 49.6 Å². The number of carbonyl (C=O) groups excluding carboxylic acids is 1. The normalized spacial score (nSPS) is 19.7. The van der Waals surface area contributed by atoms with Gasteiger partial charge in [0.1, 0.15) is 5.82 Å². The summed E-state index contributed by atoms with van der Waals surface area (Å²) >= 11 is 0. The number of rotatable bonds is 5. The third-order valence-electron chi connectivity index (χ3n) is 6.00. The molecular weight excluding hydrogens is 354 g/mol. The molecule has 1 unspecified atom stereocenters. The van der Waals surface area contributed by atoms with Crippen molar-refractivity contribution < 1.29 is 4.79 Å². The van der Waals surface area contributed by atoms with Gasteiger partial charge in [-0.25, -0.2) is 9.97 Å². The summed E-state index contributed by atoms with van der Waals surface area (Å²) in [7, 11) is 1.60. The molecule has 0 aromatic carbocycles. The Kier molecular flexibility index (Phi) is 5.05. The molecule has 2 N–H and O–H groups in total. The van der Waals surface area contributed by atoms with Gasteiger partial charge in [0.15, 0.2) is 0 Å². The Bertz CT molecular complexity index is 891. The molecule has 2 aliphatic rings. The van der Waals surface area contributed by atoms with Crippen LogP contribution in [0.25, 0.3) is 0 Å². The molecule has 0 bridgehead atoms. The van der Waals surface area contributed by atoms with Crippen LogP contribution in [0.4, 0.5) is 5.82 Å². The molecule has 1 saturated heterocycles. The van der Waals surface area contributed by atoms with Crippen LogP contribution in [0, 0.1) is 13.8 Å². The number of nitrogens with one attached hydrogen (secondary N) is 2. The number of fused-ring (bicyclic) bond motifs is 1. The minimum absolute atomic E-state index is 0.237. The van der Waals surface area contributed by atoms with Gasteiger partial charge in [-0.3, -0.25) is 9.48 Å². The van der Waals surface area contributed by atoms with E-state index >= 15 is 0 Å². The second-order valence-corrected chi connectivity index (χ2v) is 7.85. The van der Waals surface area contributed by atoms with Crippen LogP contribution in [0.3, 0.4) is 0 Å². The summed E-state index contributed by atoms with van der Waals surface area (Å²) < 4.78 is 2.14. The van der Waals surface area contributed by atoms with Gasteiger partial charge in [0, 0.05) is 61.3 Å². The van der Waals surface area contributed by atoms with Crippen molar-refractivity contribution in [2.75, 3.05) is 25.0 Å². The van der Waals surface area contributed by atoms with Gasteiger partial charge in [0.25, 0.3) is 5.91 Å². The van der Waals surface area contributed by atoms with Gasteiger partial charge in [-0.1, -0.05) is 0 Å². The molecule has 0 aliphatic carbocycles. The molecule has 150 valence electrons. The highest BCUT2D eigenvalue weighted by Gasteiger charge is 2.29. The predicted octanol–water partition coefficient (Wildman–Crippen LogP) is 1.53. The average Bonchev–Trinajstić information content (AvgIpc) is 3.39. The molecule has 2 atom stereocenters. The van der Waals surface area contributed by atoms with Crippen LogP contribution in [0.1, 0.15) is 58.9 Å². The smallest absolute Gasteiger partial charge is 0.288 e. The number of carbonyl (C=O) groups is 1. The average molecular weight is 384 g/mol. The molecule has 2 aromatic rings. The number of aryl methyl sites for hydroxylation is 2. The summed E-state index contributed by atoms with van der Waals surface area (Å²) in [4.78, 5) is 23.2. The first-order chi connectivity index (χ1) is 13.5. The summed E-state index contributed by atoms with van der Waals surface area (Å²) in [5.74, 6) is 0.859. The van der Waals surface area contributed by atoms with Gasteiger partial charge >= 0.3 is 0 Å². The van der Waals surface area contributed by atoms with Crippen molar-refractivity contribution in [3.8, 4) is 0 Å². The number of aromatic nitrogens is 4. The molecule has 8 heteroatoms. The number of hydrogen-bond donors (Lipinski definition) is 2. The fourth-order valence-corrected chi connectivity index (χ4v) is 4.32. The van der Waals surface area contributed by atoms with Crippen LogP contribution in [0.15, 0.2) is 6.20 Å². The van der Waals surface area contributed by atoms with Gasteiger partial charge < -0.3 is 15.5 Å². The van der Waals surface area contributed by atoms with Crippen molar-refractivity contribution >= 4 is 11.7 Å². The van der Waals surface area contributed by atoms with Crippen LogP contribution in [0.5, 0.6) is 0 Å².